The second-order valence-corrected chi connectivity index (χ2v) is 7.01. The minimum Gasteiger partial charge on any atom is -0.492 e. The minimum atomic E-state index is -0.324. The topological polar surface area (TPSA) is 54.5 Å². The molecule has 0 fully saturated rings. The van der Waals surface area contributed by atoms with Crippen LogP contribution in [0.1, 0.15) is 27.0 Å². The van der Waals surface area contributed by atoms with Crippen molar-refractivity contribution < 1.29 is 13.9 Å². The summed E-state index contributed by atoms with van der Waals surface area (Å²) < 4.78 is 19.6. The highest BCUT2D eigenvalue weighted by molar-refractivity contribution is 5.94. The van der Waals surface area contributed by atoms with E-state index in [1.807, 2.05) is 24.3 Å². The lowest BCUT2D eigenvalue weighted by Crippen LogP contribution is -2.25. The summed E-state index contributed by atoms with van der Waals surface area (Å²) in [6.45, 7) is 3.01. The van der Waals surface area contributed by atoms with Gasteiger partial charge in [-0.3, -0.25) is 14.7 Å². The number of nitrogens with zero attached hydrogens (tertiary/aromatic N) is 2. The molecule has 3 aromatic rings. The van der Waals surface area contributed by atoms with E-state index >= 15 is 0 Å². The van der Waals surface area contributed by atoms with Gasteiger partial charge >= 0.3 is 0 Å². The van der Waals surface area contributed by atoms with E-state index < -0.39 is 0 Å². The van der Waals surface area contributed by atoms with Gasteiger partial charge in [0.15, 0.2) is 0 Å². The normalized spacial score (nSPS) is 13.8. The summed E-state index contributed by atoms with van der Waals surface area (Å²) >= 11 is 0. The van der Waals surface area contributed by atoms with Gasteiger partial charge in [0.05, 0.1) is 0 Å². The Morgan fingerprint density at radius 3 is 2.79 bits per heavy atom. The van der Waals surface area contributed by atoms with Crippen molar-refractivity contribution in [2.75, 3.05) is 13.2 Å². The fraction of sp³-hybridized carbons (Fsp3) is 0.217. The molecule has 1 amide bonds. The van der Waals surface area contributed by atoms with Crippen LogP contribution in [-0.2, 0) is 19.6 Å². The maximum absolute atomic E-state index is 13.8. The first-order valence-electron chi connectivity index (χ1n) is 9.57. The number of carbonyl (C=O) groups excluding carboxylic acids is 1. The number of fused-ring (bicyclic) bond motifs is 1. The molecule has 1 aliphatic rings. The number of amides is 1. The quantitative estimate of drug-likeness (QED) is 0.723. The molecule has 29 heavy (non-hydrogen) atoms. The number of benzene rings is 2. The Labute approximate surface area is 169 Å². The number of aromatic nitrogens is 1. The molecule has 0 radical (unpaired) electrons. The van der Waals surface area contributed by atoms with Gasteiger partial charge in [0.2, 0.25) is 0 Å². The molecule has 0 atom stereocenters. The second kappa shape index (κ2) is 8.84. The van der Waals surface area contributed by atoms with Gasteiger partial charge in [-0.15, -0.1) is 0 Å². The molecule has 2 aromatic carbocycles. The third-order valence-corrected chi connectivity index (χ3v) is 4.93. The molecule has 2 heterocycles. The van der Waals surface area contributed by atoms with Crippen LogP contribution in [0.5, 0.6) is 5.75 Å². The molecule has 0 bridgehead atoms. The lowest BCUT2D eigenvalue weighted by molar-refractivity contribution is 0.0950. The van der Waals surface area contributed by atoms with E-state index in [1.54, 1.807) is 36.7 Å². The Bertz CT molecular complexity index is 994. The molecule has 0 spiro atoms. The Hall–Kier alpha value is -3.25. The Morgan fingerprint density at radius 2 is 1.97 bits per heavy atom. The van der Waals surface area contributed by atoms with Crippen molar-refractivity contribution in [2.45, 2.75) is 19.6 Å². The van der Waals surface area contributed by atoms with E-state index in [0.717, 1.165) is 24.4 Å². The van der Waals surface area contributed by atoms with Gasteiger partial charge in [-0.2, -0.15) is 0 Å². The highest BCUT2D eigenvalue weighted by atomic mass is 19.1. The van der Waals surface area contributed by atoms with Crippen molar-refractivity contribution in [3.05, 3.63) is 95.1 Å². The predicted octanol–water partition coefficient (Wildman–Crippen LogP) is 3.55. The highest BCUT2D eigenvalue weighted by Gasteiger charge is 2.18. The zero-order valence-corrected chi connectivity index (χ0v) is 16.0. The smallest absolute Gasteiger partial charge is 0.251 e. The summed E-state index contributed by atoms with van der Waals surface area (Å²) in [5, 5.41) is 2.79. The molecule has 6 heteroatoms. The van der Waals surface area contributed by atoms with Gasteiger partial charge in [-0.25, -0.2) is 4.39 Å². The van der Waals surface area contributed by atoms with Crippen molar-refractivity contribution in [3.63, 3.8) is 0 Å². The van der Waals surface area contributed by atoms with E-state index in [1.165, 1.54) is 11.6 Å². The van der Waals surface area contributed by atoms with Gasteiger partial charge in [0.25, 0.3) is 5.91 Å². The maximum Gasteiger partial charge on any atom is 0.251 e. The standard InChI is InChI=1S/C23H22FN3O2/c24-21-4-2-1-3-19(21)14-26-23(28)18-5-6-22-20(13-18)16-27(11-12-29-22)15-17-7-9-25-10-8-17/h1-10,13H,11-12,14-16H2,(H,26,28). The van der Waals surface area contributed by atoms with Crippen molar-refractivity contribution in [3.8, 4) is 5.75 Å². The third-order valence-electron chi connectivity index (χ3n) is 4.93. The highest BCUT2D eigenvalue weighted by Crippen LogP contribution is 2.25. The number of hydrogen-bond acceptors (Lipinski definition) is 4. The van der Waals surface area contributed by atoms with E-state index in [4.69, 9.17) is 4.74 Å². The molecule has 4 rings (SSSR count). The Kier molecular flexibility index (Phi) is 5.81. The number of nitrogens with one attached hydrogen (secondary N) is 1. The molecule has 1 aromatic heterocycles. The molecule has 148 valence electrons. The van der Waals surface area contributed by atoms with Gasteiger partial charge in [0.1, 0.15) is 18.2 Å². The summed E-state index contributed by atoms with van der Waals surface area (Å²) in [6, 6.07) is 15.9. The Morgan fingerprint density at radius 1 is 1.14 bits per heavy atom. The van der Waals surface area contributed by atoms with Gasteiger partial charge in [-0.05, 0) is 42.0 Å². The Balaban J connectivity index is 1.45. The largest absolute Gasteiger partial charge is 0.492 e. The molecular weight excluding hydrogens is 369 g/mol. The zero-order valence-electron chi connectivity index (χ0n) is 16.0. The molecule has 0 saturated carbocycles. The number of pyridine rings is 1. The first kappa shape index (κ1) is 19.1. The van der Waals surface area contributed by atoms with Crippen LogP contribution in [0.15, 0.2) is 67.0 Å². The van der Waals surface area contributed by atoms with Crippen molar-refractivity contribution in [1.82, 2.24) is 15.2 Å². The lowest BCUT2D eigenvalue weighted by Gasteiger charge is -2.19. The van der Waals surface area contributed by atoms with Crippen molar-refractivity contribution in [2.24, 2.45) is 0 Å². The summed E-state index contributed by atoms with van der Waals surface area (Å²) in [6.07, 6.45) is 3.57. The zero-order chi connectivity index (χ0) is 20.1. The molecule has 0 saturated heterocycles. The van der Waals surface area contributed by atoms with Gasteiger partial charge in [-0.1, -0.05) is 18.2 Å². The number of hydrogen-bond donors (Lipinski definition) is 1. The molecule has 0 aliphatic carbocycles. The van der Waals surface area contributed by atoms with Gasteiger partial charge in [0, 0.05) is 55.3 Å². The van der Waals surface area contributed by atoms with E-state index in [9.17, 15) is 9.18 Å². The first-order valence-corrected chi connectivity index (χ1v) is 9.57. The van der Waals surface area contributed by atoms with E-state index in [2.05, 4.69) is 15.2 Å². The van der Waals surface area contributed by atoms with Crippen molar-refractivity contribution >= 4 is 5.91 Å². The van der Waals surface area contributed by atoms with E-state index in [-0.39, 0.29) is 18.3 Å². The first-order chi connectivity index (χ1) is 14.2. The third kappa shape index (κ3) is 4.78. The molecule has 5 nitrogen and oxygen atoms in total. The SMILES string of the molecule is O=C(NCc1ccccc1F)c1ccc2c(c1)CN(Cc1ccncc1)CCO2. The van der Waals surface area contributed by atoms with Crippen LogP contribution in [0.2, 0.25) is 0 Å². The number of halogens is 1. The van der Waals surface area contributed by atoms with Crippen LogP contribution in [0.3, 0.4) is 0 Å². The second-order valence-electron chi connectivity index (χ2n) is 7.01. The van der Waals surface area contributed by atoms with Crippen molar-refractivity contribution in [1.29, 1.82) is 0 Å². The summed E-state index contributed by atoms with van der Waals surface area (Å²) in [5.74, 6) is 0.240. The summed E-state index contributed by atoms with van der Waals surface area (Å²) in [4.78, 5) is 18.9. The summed E-state index contributed by atoms with van der Waals surface area (Å²) in [5.41, 5.74) is 3.15. The minimum absolute atomic E-state index is 0.146. The monoisotopic (exact) mass is 391 g/mol. The van der Waals surface area contributed by atoms with Crippen LogP contribution in [0.4, 0.5) is 4.39 Å². The predicted molar refractivity (Wildman–Crippen MR) is 108 cm³/mol. The average Bonchev–Trinajstić information content (AvgIpc) is 2.94. The maximum atomic E-state index is 13.8. The number of rotatable bonds is 5. The number of ether oxygens (including phenoxy) is 1. The lowest BCUT2D eigenvalue weighted by atomic mass is 10.1. The van der Waals surface area contributed by atoms with Crippen LogP contribution in [0.25, 0.3) is 0 Å². The summed E-state index contributed by atoms with van der Waals surface area (Å²) in [7, 11) is 0. The fourth-order valence-electron chi connectivity index (χ4n) is 3.39. The van der Waals surface area contributed by atoms with Crippen LogP contribution >= 0.6 is 0 Å². The van der Waals surface area contributed by atoms with Crippen LogP contribution < -0.4 is 10.1 Å². The molecule has 1 aliphatic heterocycles. The fourth-order valence-corrected chi connectivity index (χ4v) is 3.39. The molecular formula is C23H22FN3O2. The van der Waals surface area contributed by atoms with Gasteiger partial charge < -0.3 is 10.1 Å². The number of carbonyl (C=O) groups is 1. The molecule has 0 unspecified atom stereocenters. The van der Waals surface area contributed by atoms with Crippen LogP contribution in [-0.4, -0.2) is 28.9 Å². The molecule has 1 N–H and O–H groups in total. The van der Waals surface area contributed by atoms with E-state index in [0.29, 0.717) is 24.3 Å². The average molecular weight is 391 g/mol. The van der Waals surface area contributed by atoms with Crippen LogP contribution in [0, 0.1) is 5.82 Å².